The molecule has 0 amide bonds. The highest BCUT2D eigenvalue weighted by atomic mass is 16.6. The number of ketones is 1. The summed E-state index contributed by atoms with van der Waals surface area (Å²) in [7, 11) is 2.46. The fourth-order valence-electron chi connectivity index (χ4n) is 1.47. The molecule has 1 aliphatic rings. The van der Waals surface area contributed by atoms with Crippen molar-refractivity contribution in [2.45, 2.75) is 32.6 Å². The van der Waals surface area contributed by atoms with Crippen molar-refractivity contribution in [3.63, 3.8) is 0 Å². The number of hydrogen-bond donors (Lipinski definition) is 1. The Morgan fingerprint density at radius 3 is 1.68 bits per heavy atom. The lowest BCUT2D eigenvalue weighted by molar-refractivity contribution is -0.147. The molecule has 0 aromatic heterocycles. The number of hydrogen-bond acceptors (Lipinski definition) is 5. The predicted octanol–water partition coefficient (Wildman–Crippen LogP) is 2.62. The van der Waals surface area contributed by atoms with E-state index < -0.39 is 0 Å². The van der Waals surface area contributed by atoms with E-state index in [1.54, 1.807) is 6.92 Å². The summed E-state index contributed by atoms with van der Waals surface area (Å²) >= 11 is 0. The molecule has 0 spiro atoms. The maximum atomic E-state index is 10.3. The molecule has 5 heteroatoms. The molecule has 5 nitrogen and oxygen atoms in total. The summed E-state index contributed by atoms with van der Waals surface area (Å²) < 4.78 is 9.00. The third-order valence-corrected chi connectivity index (χ3v) is 2.40. The van der Waals surface area contributed by atoms with Gasteiger partial charge in [-0.3, -0.25) is 4.79 Å². The lowest BCUT2D eigenvalue weighted by atomic mass is 10.4. The summed E-state index contributed by atoms with van der Waals surface area (Å²) in [6.45, 7) is 2.23. The van der Waals surface area contributed by atoms with Crippen LogP contribution in [-0.4, -0.2) is 44.3 Å². The standard InChI is InChI=1S/C6H6.C5H10O3.C5H8O.CH4O/c1-2-4-6-5-3-1;1-3-8-5(6)4-7-2;6-5-3-1-2-4-5;1-2/h1-6H;3-4H2,1-2H3;1-4H2;2H,1H3. The molecule has 1 aromatic carbocycles. The number of aliphatic hydroxyl groups is 1. The minimum absolute atomic E-state index is 0.0494. The topological polar surface area (TPSA) is 72.8 Å². The molecule has 22 heavy (non-hydrogen) atoms. The third kappa shape index (κ3) is 18.3. The number of carbonyl (C=O) groups is 2. The number of aliphatic hydroxyl groups excluding tert-OH is 1. The molecule has 0 unspecified atom stereocenters. The highest BCUT2D eigenvalue weighted by Crippen LogP contribution is 2.11. The summed E-state index contributed by atoms with van der Waals surface area (Å²) in [5.41, 5.74) is 0. The molecule has 2 rings (SSSR count). The van der Waals surface area contributed by atoms with E-state index in [-0.39, 0.29) is 12.6 Å². The molecule has 0 atom stereocenters. The van der Waals surface area contributed by atoms with Crippen molar-refractivity contribution in [1.82, 2.24) is 0 Å². The Bertz CT molecular complexity index is 309. The van der Waals surface area contributed by atoms with Crippen molar-refractivity contribution in [2.75, 3.05) is 27.4 Å². The molecular weight excluding hydrogens is 284 g/mol. The number of Topliss-reactive ketones (excluding diaryl/α,β-unsaturated/α-hetero) is 1. The molecular formula is C17H28O5. The van der Waals surface area contributed by atoms with Crippen LogP contribution < -0.4 is 0 Å². The van der Waals surface area contributed by atoms with Crippen LogP contribution in [0.2, 0.25) is 0 Å². The zero-order valence-corrected chi connectivity index (χ0v) is 13.8. The highest BCUT2D eigenvalue weighted by Gasteiger charge is 2.07. The molecule has 1 aromatic rings. The average Bonchev–Trinajstić information content (AvgIpc) is 3.04. The maximum Gasteiger partial charge on any atom is 0.332 e. The minimum Gasteiger partial charge on any atom is -0.464 e. The number of rotatable bonds is 3. The van der Waals surface area contributed by atoms with Crippen LogP contribution in [0.1, 0.15) is 32.6 Å². The third-order valence-electron chi connectivity index (χ3n) is 2.40. The van der Waals surface area contributed by atoms with Gasteiger partial charge >= 0.3 is 5.97 Å². The van der Waals surface area contributed by atoms with E-state index in [9.17, 15) is 9.59 Å². The Morgan fingerprint density at radius 2 is 1.45 bits per heavy atom. The summed E-state index contributed by atoms with van der Waals surface area (Å²) in [6.07, 6.45) is 3.97. The van der Waals surface area contributed by atoms with Crippen LogP contribution in [-0.2, 0) is 19.1 Å². The van der Waals surface area contributed by atoms with Gasteiger partial charge in [-0.15, -0.1) is 0 Å². The van der Waals surface area contributed by atoms with Crippen molar-refractivity contribution >= 4 is 11.8 Å². The van der Waals surface area contributed by atoms with Gasteiger partial charge < -0.3 is 14.6 Å². The van der Waals surface area contributed by atoms with Crippen LogP contribution in [0.4, 0.5) is 0 Å². The fourth-order valence-corrected chi connectivity index (χ4v) is 1.47. The number of methoxy groups -OCH3 is 1. The summed E-state index contributed by atoms with van der Waals surface area (Å²) in [6, 6.07) is 12.0. The maximum absolute atomic E-state index is 10.3. The van der Waals surface area contributed by atoms with Crippen LogP contribution in [0, 0.1) is 0 Å². The van der Waals surface area contributed by atoms with Gasteiger partial charge in [0.25, 0.3) is 0 Å². The Morgan fingerprint density at radius 1 is 1.05 bits per heavy atom. The Labute approximate surface area is 133 Å². The zero-order chi connectivity index (χ0) is 17.1. The first-order valence-corrected chi connectivity index (χ1v) is 7.31. The normalized spacial score (nSPS) is 11.7. The Kier molecular flexibility index (Phi) is 19.8. The highest BCUT2D eigenvalue weighted by molar-refractivity contribution is 5.80. The number of benzene rings is 1. The first kappa shape index (κ1) is 22.6. The van der Waals surface area contributed by atoms with Crippen LogP contribution in [0.25, 0.3) is 0 Å². The van der Waals surface area contributed by atoms with Crippen molar-refractivity contribution in [3.05, 3.63) is 36.4 Å². The van der Waals surface area contributed by atoms with Crippen LogP contribution in [0.3, 0.4) is 0 Å². The fraction of sp³-hybridized carbons (Fsp3) is 0.529. The van der Waals surface area contributed by atoms with Gasteiger partial charge in [0.1, 0.15) is 12.4 Å². The molecule has 1 aliphatic carbocycles. The largest absolute Gasteiger partial charge is 0.464 e. The molecule has 1 N–H and O–H groups in total. The van der Waals surface area contributed by atoms with Gasteiger partial charge in [0.15, 0.2) is 0 Å². The van der Waals surface area contributed by atoms with E-state index in [1.165, 1.54) is 7.11 Å². The van der Waals surface area contributed by atoms with E-state index >= 15 is 0 Å². The van der Waals surface area contributed by atoms with E-state index in [1.807, 2.05) is 36.4 Å². The van der Waals surface area contributed by atoms with Crippen LogP contribution >= 0.6 is 0 Å². The van der Waals surface area contributed by atoms with Gasteiger partial charge in [-0.1, -0.05) is 36.4 Å². The van der Waals surface area contributed by atoms with Crippen LogP contribution in [0.15, 0.2) is 36.4 Å². The Balaban J connectivity index is 0. The zero-order valence-electron chi connectivity index (χ0n) is 13.8. The van der Waals surface area contributed by atoms with Gasteiger partial charge in [-0.2, -0.15) is 0 Å². The van der Waals surface area contributed by atoms with Crippen molar-refractivity contribution in [1.29, 1.82) is 0 Å². The smallest absolute Gasteiger partial charge is 0.332 e. The monoisotopic (exact) mass is 312 g/mol. The van der Waals surface area contributed by atoms with Crippen molar-refractivity contribution < 1.29 is 24.2 Å². The number of ether oxygens (including phenoxy) is 2. The van der Waals surface area contributed by atoms with E-state index in [0.29, 0.717) is 12.4 Å². The molecule has 0 radical (unpaired) electrons. The Hall–Kier alpha value is -1.72. The second-order valence-electron chi connectivity index (χ2n) is 4.14. The van der Waals surface area contributed by atoms with Gasteiger partial charge in [0, 0.05) is 27.1 Å². The number of esters is 1. The van der Waals surface area contributed by atoms with E-state index in [2.05, 4.69) is 9.47 Å². The second kappa shape index (κ2) is 19.3. The summed E-state index contributed by atoms with van der Waals surface area (Å²) in [5.74, 6) is 0.144. The lowest BCUT2D eigenvalue weighted by Crippen LogP contribution is -2.10. The molecule has 1 saturated carbocycles. The SMILES string of the molecule is CCOC(=O)COC.CO.O=C1CCCC1.c1ccccc1. The quantitative estimate of drug-likeness (QED) is 0.869. The van der Waals surface area contributed by atoms with Crippen molar-refractivity contribution in [2.24, 2.45) is 0 Å². The van der Waals surface area contributed by atoms with Crippen LogP contribution in [0.5, 0.6) is 0 Å². The van der Waals surface area contributed by atoms with Gasteiger partial charge in [-0.05, 0) is 19.8 Å². The van der Waals surface area contributed by atoms with E-state index in [0.717, 1.165) is 32.8 Å². The molecule has 1 fully saturated rings. The molecule has 0 saturated heterocycles. The van der Waals surface area contributed by atoms with Gasteiger partial charge in [0.05, 0.1) is 6.61 Å². The van der Waals surface area contributed by atoms with Gasteiger partial charge in [-0.25, -0.2) is 4.79 Å². The predicted molar refractivity (Wildman–Crippen MR) is 86.6 cm³/mol. The first-order valence-electron chi connectivity index (χ1n) is 7.31. The first-order chi connectivity index (χ1) is 10.7. The van der Waals surface area contributed by atoms with E-state index in [4.69, 9.17) is 5.11 Å². The second-order valence-corrected chi connectivity index (χ2v) is 4.14. The minimum atomic E-state index is -0.310. The molecule has 0 bridgehead atoms. The van der Waals surface area contributed by atoms with Gasteiger partial charge in [0.2, 0.25) is 0 Å². The average molecular weight is 312 g/mol. The number of carbonyl (C=O) groups excluding carboxylic acids is 2. The summed E-state index contributed by atoms with van der Waals surface area (Å²) in [5, 5.41) is 7.00. The molecule has 0 heterocycles. The summed E-state index contributed by atoms with van der Waals surface area (Å²) in [4.78, 5) is 20.5. The van der Waals surface area contributed by atoms with Crippen molar-refractivity contribution in [3.8, 4) is 0 Å². The molecule has 126 valence electrons. The molecule has 0 aliphatic heterocycles. The lowest BCUT2D eigenvalue weighted by Gasteiger charge is -1.97.